The van der Waals surface area contributed by atoms with Crippen molar-refractivity contribution >= 4 is 5.91 Å². The van der Waals surface area contributed by atoms with E-state index in [0.29, 0.717) is 30.2 Å². The van der Waals surface area contributed by atoms with Gasteiger partial charge in [-0.15, -0.1) is 0 Å². The third-order valence-electron chi connectivity index (χ3n) is 4.93. The fraction of sp³-hybridized carbons (Fsp3) is 0.929. The van der Waals surface area contributed by atoms with Gasteiger partial charge < -0.3 is 10.0 Å². The minimum absolute atomic E-state index is 0.311. The molecule has 96 valence electrons. The molecule has 0 bridgehead atoms. The van der Waals surface area contributed by atoms with Crippen LogP contribution >= 0.6 is 0 Å². The van der Waals surface area contributed by atoms with Crippen LogP contribution in [0, 0.1) is 17.8 Å². The molecule has 2 aliphatic carbocycles. The van der Waals surface area contributed by atoms with Crippen molar-refractivity contribution in [2.24, 2.45) is 17.8 Å². The van der Waals surface area contributed by atoms with Crippen LogP contribution in [0.5, 0.6) is 0 Å². The molecule has 3 atom stereocenters. The number of amides is 1. The fourth-order valence-electron chi connectivity index (χ4n) is 3.98. The maximum atomic E-state index is 12.4. The monoisotopic (exact) mass is 237 g/mol. The number of hydrogen-bond donors (Lipinski definition) is 1. The fourth-order valence-corrected chi connectivity index (χ4v) is 3.98. The highest BCUT2D eigenvalue weighted by Crippen LogP contribution is 2.56. The summed E-state index contributed by atoms with van der Waals surface area (Å²) in [6.45, 7) is 3.25. The Hall–Kier alpha value is -0.570. The van der Waals surface area contributed by atoms with Gasteiger partial charge in [-0.3, -0.25) is 4.79 Å². The number of nitrogens with zero attached hydrogens (tertiary/aromatic N) is 1. The molecule has 3 nitrogen and oxygen atoms in total. The average molecular weight is 237 g/mol. The first kappa shape index (κ1) is 11.5. The Kier molecular flexibility index (Phi) is 2.69. The maximum Gasteiger partial charge on any atom is 0.226 e. The van der Waals surface area contributed by atoms with E-state index in [1.165, 1.54) is 25.7 Å². The summed E-state index contributed by atoms with van der Waals surface area (Å²) in [5.41, 5.74) is -0.659. The molecule has 0 aromatic carbocycles. The standard InChI is InChI=1S/C14H23NO2/c1-14(17)7-4-8-15(9-14)13(16)12-10-5-2-3-6-11(10)12/h10-12,17H,2-9H2,1H3. The van der Waals surface area contributed by atoms with Crippen LogP contribution in [0.1, 0.15) is 45.4 Å². The van der Waals surface area contributed by atoms with Crippen LogP contribution in [-0.4, -0.2) is 34.6 Å². The van der Waals surface area contributed by atoms with E-state index in [1.54, 1.807) is 0 Å². The summed E-state index contributed by atoms with van der Waals surface area (Å²) in [4.78, 5) is 14.4. The van der Waals surface area contributed by atoms with Crippen molar-refractivity contribution < 1.29 is 9.90 Å². The van der Waals surface area contributed by atoms with Crippen LogP contribution in [0.25, 0.3) is 0 Å². The van der Waals surface area contributed by atoms with Crippen LogP contribution in [-0.2, 0) is 4.79 Å². The van der Waals surface area contributed by atoms with Crippen molar-refractivity contribution in [1.29, 1.82) is 0 Å². The molecule has 3 heteroatoms. The Morgan fingerprint density at radius 2 is 1.88 bits per heavy atom. The molecule has 3 rings (SSSR count). The van der Waals surface area contributed by atoms with Gasteiger partial charge in [0.1, 0.15) is 0 Å². The zero-order valence-electron chi connectivity index (χ0n) is 10.7. The van der Waals surface area contributed by atoms with Gasteiger partial charge in [0.15, 0.2) is 0 Å². The smallest absolute Gasteiger partial charge is 0.226 e. The minimum atomic E-state index is -0.659. The van der Waals surface area contributed by atoms with E-state index >= 15 is 0 Å². The summed E-state index contributed by atoms with van der Waals surface area (Å²) >= 11 is 0. The summed E-state index contributed by atoms with van der Waals surface area (Å²) in [6.07, 6.45) is 6.90. The molecule has 2 saturated carbocycles. The first-order valence-corrected chi connectivity index (χ1v) is 7.10. The molecule has 0 aromatic heterocycles. The molecule has 1 saturated heterocycles. The van der Waals surface area contributed by atoms with Gasteiger partial charge in [-0.1, -0.05) is 12.8 Å². The van der Waals surface area contributed by atoms with E-state index in [4.69, 9.17) is 0 Å². The number of carbonyl (C=O) groups excluding carboxylic acids is 1. The second-order valence-corrected chi connectivity index (χ2v) is 6.50. The maximum absolute atomic E-state index is 12.4. The normalized spacial score (nSPS) is 45.3. The van der Waals surface area contributed by atoms with E-state index in [2.05, 4.69) is 0 Å². The van der Waals surface area contributed by atoms with Crippen molar-refractivity contribution in [3.63, 3.8) is 0 Å². The molecule has 0 aromatic rings. The molecule has 0 spiro atoms. The number of β-amino-alcohol motifs (C(OH)–C–C–N with tert-alkyl or cyclic N) is 1. The minimum Gasteiger partial charge on any atom is -0.388 e. The van der Waals surface area contributed by atoms with Crippen LogP contribution < -0.4 is 0 Å². The molecule has 1 aliphatic heterocycles. The third kappa shape index (κ3) is 2.10. The summed E-state index contributed by atoms with van der Waals surface area (Å²) < 4.78 is 0. The molecule has 3 unspecified atom stereocenters. The number of hydrogen-bond acceptors (Lipinski definition) is 2. The first-order valence-electron chi connectivity index (χ1n) is 7.10. The second kappa shape index (κ2) is 3.98. The van der Waals surface area contributed by atoms with Crippen molar-refractivity contribution in [3.8, 4) is 0 Å². The van der Waals surface area contributed by atoms with Gasteiger partial charge in [0.2, 0.25) is 5.91 Å². The molecule has 0 radical (unpaired) electrons. The van der Waals surface area contributed by atoms with Crippen LogP contribution in [0.4, 0.5) is 0 Å². The van der Waals surface area contributed by atoms with E-state index in [0.717, 1.165) is 19.4 Å². The summed E-state index contributed by atoms with van der Waals surface area (Å²) in [7, 11) is 0. The number of fused-ring (bicyclic) bond motifs is 1. The number of piperidine rings is 1. The lowest BCUT2D eigenvalue weighted by molar-refractivity contribution is -0.139. The molecule has 17 heavy (non-hydrogen) atoms. The number of rotatable bonds is 1. The molecule has 1 heterocycles. The Morgan fingerprint density at radius 3 is 2.47 bits per heavy atom. The second-order valence-electron chi connectivity index (χ2n) is 6.50. The van der Waals surface area contributed by atoms with Crippen molar-refractivity contribution in [2.45, 2.75) is 51.0 Å². The van der Waals surface area contributed by atoms with Crippen LogP contribution in [0.2, 0.25) is 0 Å². The lowest BCUT2D eigenvalue weighted by Gasteiger charge is -2.37. The summed E-state index contributed by atoms with van der Waals surface area (Å²) in [6, 6.07) is 0. The Bertz CT molecular complexity index is 314. The lowest BCUT2D eigenvalue weighted by atomic mass is 9.95. The Labute approximate surface area is 103 Å². The topological polar surface area (TPSA) is 40.5 Å². The first-order chi connectivity index (χ1) is 8.08. The Morgan fingerprint density at radius 1 is 1.24 bits per heavy atom. The zero-order valence-corrected chi connectivity index (χ0v) is 10.7. The lowest BCUT2D eigenvalue weighted by Crippen LogP contribution is -2.49. The van der Waals surface area contributed by atoms with Crippen molar-refractivity contribution in [3.05, 3.63) is 0 Å². The van der Waals surface area contributed by atoms with Crippen LogP contribution in [0.15, 0.2) is 0 Å². The van der Waals surface area contributed by atoms with Gasteiger partial charge in [-0.2, -0.15) is 0 Å². The van der Waals surface area contributed by atoms with Gasteiger partial charge in [0, 0.05) is 19.0 Å². The van der Waals surface area contributed by atoms with E-state index in [9.17, 15) is 9.90 Å². The van der Waals surface area contributed by atoms with E-state index in [-0.39, 0.29) is 0 Å². The molecule has 1 N–H and O–H groups in total. The highest BCUT2D eigenvalue weighted by molar-refractivity contribution is 5.82. The van der Waals surface area contributed by atoms with Crippen molar-refractivity contribution in [1.82, 2.24) is 4.90 Å². The summed E-state index contributed by atoms with van der Waals surface area (Å²) in [5, 5.41) is 10.1. The molecule has 3 aliphatic rings. The van der Waals surface area contributed by atoms with Gasteiger partial charge in [0.25, 0.3) is 0 Å². The van der Waals surface area contributed by atoms with Gasteiger partial charge in [-0.05, 0) is 44.4 Å². The van der Waals surface area contributed by atoms with E-state index in [1.807, 2.05) is 11.8 Å². The Balaban J connectivity index is 1.63. The molecular weight excluding hydrogens is 214 g/mol. The van der Waals surface area contributed by atoms with Gasteiger partial charge in [-0.25, -0.2) is 0 Å². The molecular formula is C14H23NO2. The molecule has 1 amide bonds. The predicted octanol–water partition coefficient (Wildman–Crippen LogP) is 1.80. The predicted molar refractivity (Wildman–Crippen MR) is 65.4 cm³/mol. The largest absolute Gasteiger partial charge is 0.388 e. The van der Waals surface area contributed by atoms with Crippen LogP contribution in [0.3, 0.4) is 0 Å². The van der Waals surface area contributed by atoms with Gasteiger partial charge >= 0.3 is 0 Å². The number of aliphatic hydroxyl groups is 1. The quantitative estimate of drug-likeness (QED) is 0.755. The average Bonchev–Trinajstić information content (AvgIpc) is 3.01. The van der Waals surface area contributed by atoms with E-state index < -0.39 is 5.60 Å². The zero-order chi connectivity index (χ0) is 12.0. The third-order valence-corrected chi connectivity index (χ3v) is 4.93. The summed E-state index contributed by atoms with van der Waals surface area (Å²) in [5.74, 6) is 2.01. The highest BCUT2D eigenvalue weighted by atomic mass is 16.3. The number of likely N-dealkylation sites (tertiary alicyclic amines) is 1. The molecule has 3 fully saturated rings. The van der Waals surface area contributed by atoms with Crippen molar-refractivity contribution in [2.75, 3.05) is 13.1 Å². The SMILES string of the molecule is CC1(O)CCCN(C(=O)C2C3CCCCC32)C1. The number of carbonyl (C=O) groups is 1. The highest BCUT2D eigenvalue weighted by Gasteiger charge is 2.56. The van der Waals surface area contributed by atoms with Gasteiger partial charge in [0.05, 0.1) is 5.60 Å².